The van der Waals surface area contributed by atoms with Gasteiger partial charge in [0.2, 0.25) is 0 Å². The van der Waals surface area contributed by atoms with Gasteiger partial charge in [-0.2, -0.15) is 0 Å². The molecule has 0 heterocycles. The first-order valence-electron chi connectivity index (χ1n) is 8.50. The molecule has 23 heavy (non-hydrogen) atoms. The first kappa shape index (κ1) is 15.8. The summed E-state index contributed by atoms with van der Waals surface area (Å²) in [5, 5.41) is 0. The van der Waals surface area contributed by atoms with E-state index in [-0.39, 0.29) is 5.41 Å². The van der Waals surface area contributed by atoms with Crippen molar-refractivity contribution in [2.45, 2.75) is 46.0 Å². The van der Waals surface area contributed by atoms with Crippen molar-refractivity contribution in [1.29, 1.82) is 0 Å². The van der Waals surface area contributed by atoms with Crippen molar-refractivity contribution in [3.8, 4) is 22.3 Å². The second-order valence-electron chi connectivity index (χ2n) is 7.76. The third-order valence-corrected chi connectivity index (χ3v) is 4.66. The molecule has 0 nitrogen and oxygen atoms in total. The molecular weight excluding hydrogens is 276 g/mol. The normalized spacial score (nSPS) is 12.1. The van der Waals surface area contributed by atoms with Crippen molar-refractivity contribution in [2.75, 3.05) is 0 Å². The molecule has 1 aromatic rings. The summed E-state index contributed by atoms with van der Waals surface area (Å²) >= 11 is 0. The van der Waals surface area contributed by atoms with E-state index in [4.69, 9.17) is 0 Å². The molecule has 0 radical (unpaired) electrons. The second kappa shape index (κ2) is 5.85. The van der Waals surface area contributed by atoms with Crippen molar-refractivity contribution in [2.24, 2.45) is 0 Å². The Morgan fingerprint density at radius 1 is 0.609 bits per heavy atom. The molecule has 1 aromatic carbocycles. The minimum Gasteiger partial charge on any atom is -0.0587 e. The monoisotopic (exact) mass is 302 g/mol. The SMILES string of the molecule is CC(C)c1ccc2ccc(-c3ccc(C(C)(C)C)cc3)c-2cc1. The molecule has 0 aliphatic heterocycles. The van der Waals surface area contributed by atoms with Crippen molar-refractivity contribution >= 4 is 0 Å². The first-order chi connectivity index (χ1) is 10.9. The smallest absolute Gasteiger partial charge is 0.0105 e. The van der Waals surface area contributed by atoms with E-state index in [2.05, 4.69) is 95.3 Å². The van der Waals surface area contributed by atoms with Crippen LogP contribution >= 0.6 is 0 Å². The predicted octanol–water partition coefficient (Wildman–Crippen LogP) is 6.88. The van der Waals surface area contributed by atoms with Gasteiger partial charge < -0.3 is 0 Å². The van der Waals surface area contributed by atoms with Crippen molar-refractivity contribution in [3.63, 3.8) is 0 Å². The summed E-state index contributed by atoms with van der Waals surface area (Å²) in [6, 6.07) is 22.5. The minimum atomic E-state index is 0.200. The van der Waals surface area contributed by atoms with Crippen molar-refractivity contribution in [1.82, 2.24) is 0 Å². The minimum absolute atomic E-state index is 0.200. The van der Waals surface area contributed by atoms with Crippen LogP contribution < -0.4 is 0 Å². The molecule has 3 rings (SSSR count). The zero-order valence-corrected chi connectivity index (χ0v) is 14.9. The lowest BCUT2D eigenvalue weighted by molar-refractivity contribution is 0.590. The van der Waals surface area contributed by atoms with E-state index >= 15 is 0 Å². The number of hydrogen-bond donors (Lipinski definition) is 0. The van der Waals surface area contributed by atoms with Gasteiger partial charge in [0, 0.05) is 0 Å². The third kappa shape index (κ3) is 3.17. The molecule has 0 heteroatoms. The molecule has 0 aromatic heterocycles. The zero-order valence-electron chi connectivity index (χ0n) is 14.9. The Morgan fingerprint density at radius 3 is 1.57 bits per heavy atom. The fourth-order valence-corrected chi connectivity index (χ4v) is 3.05. The van der Waals surface area contributed by atoms with Crippen LogP contribution in [-0.4, -0.2) is 0 Å². The molecule has 0 bridgehead atoms. The second-order valence-corrected chi connectivity index (χ2v) is 7.76. The summed E-state index contributed by atoms with van der Waals surface area (Å²) in [6.45, 7) is 11.3. The van der Waals surface area contributed by atoms with Gasteiger partial charge >= 0.3 is 0 Å². The molecule has 2 aliphatic rings. The number of fused-ring (bicyclic) bond motifs is 1. The Kier molecular flexibility index (Phi) is 4.02. The highest BCUT2D eigenvalue weighted by molar-refractivity contribution is 5.86. The van der Waals surface area contributed by atoms with Gasteiger partial charge in [-0.3, -0.25) is 0 Å². The van der Waals surface area contributed by atoms with E-state index in [9.17, 15) is 0 Å². The molecule has 2 aliphatic carbocycles. The van der Waals surface area contributed by atoms with Crippen LogP contribution in [0.1, 0.15) is 51.7 Å². The molecule has 0 spiro atoms. The maximum absolute atomic E-state index is 2.28. The molecule has 118 valence electrons. The van der Waals surface area contributed by atoms with Crippen LogP contribution in [0.15, 0.2) is 60.7 Å². The highest BCUT2D eigenvalue weighted by atomic mass is 14.2. The van der Waals surface area contributed by atoms with Crippen LogP contribution in [0.5, 0.6) is 0 Å². The molecular formula is C23H26. The van der Waals surface area contributed by atoms with Gasteiger partial charge in [0.25, 0.3) is 0 Å². The maximum Gasteiger partial charge on any atom is -0.0105 e. The Balaban J connectivity index is 2.04. The molecule has 0 saturated heterocycles. The topological polar surface area (TPSA) is 0 Å². The fourth-order valence-electron chi connectivity index (χ4n) is 3.05. The summed E-state index contributed by atoms with van der Waals surface area (Å²) < 4.78 is 0. The van der Waals surface area contributed by atoms with E-state index in [1.165, 1.54) is 33.4 Å². The van der Waals surface area contributed by atoms with Crippen LogP contribution in [0.4, 0.5) is 0 Å². The van der Waals surface area contributed by atoms with Crippen LogP contribution in [0, 0.1) is 0 Å². The molecule has 0 amide bonds. The molecule has 0 N–H and O–H groups in total. The summed E-state index contributed by atoms with van der Waals surface area (Å²) in [5.41, 5.74) is 8.23. The largest absolute Gasteiger partial charge is 0.0587 e. The van der Waals surface area contributed by atoms with Gasteiger partial charge in [-0.15, -0.1) is 0 Å². The highest BCUT2D eigenvalue weighted by Crippen LogP contribution is 2.36. The lowest BCUT2D eigenvalue weighted by Gasteiger charge is -2.19. The summed E-state index contributed by atoms with van der Waals surface area (Å²) in [4.78, 5) is 0. The maximum atomic E-state index is 2.28. The van der Waals surface area contributed by atoms with Crippen molar-refractivity contribution in [3.05, 3.63) is 71.8 Å². The van der Waals surface area contributed by atoms with Crippen LogP contribution in [0.3, 0.4) is 0 Å². The number of rotatable bonds is 2. The van der Waals surface area contributed by atoms with E-state index in [0.717, 1.165) is 0 Å². The van der Waals surface area contributed by atoms with Gasteiger partial charge in [0.1, 0.15) is 0 Å². The number of hydrogen-bond acceptors (Lipinski definition) is 0. The predicted molar refractivity (Wildman–Crippen MR) is 101 cm³/mol. The van der Waals surface area contributed by atoms with E-state index < -0.39 is 0 Å². The van der Waals surface area contributed by atoms with Crippen LogP contribution in [0.25, 0.3) is 22.3 Å². The third-order valence-electron chi connectivity index (χ3n) is 4.66. The van der Waals surface area contributed by atoms with E-state index in [0.29, 0.717) is 5.92 Å². The highest BCUT2D eigenvalue weighted by Gasteiger charge is 2.15. The Labute approximate surface area is 140 Å². The van der Waals surface area contributed by atoms with Gasteiger partial charge in [-0.25, -0.2) is 0 Å². The molecule has 0 fully saturated rings. The lowest BCUT2D eigenvalue weighted by Crippen LogP contribution is -2.10. The number of benzene rings is 1. The van der Waals surface area contributed by atoms with Gasteiger partial charge in [0.15, 0.2) is 0 Å². The average molecular weight is 302 g/mol. The van der Waals surface area contributed by atoms with Gasteiger partial charge in [0.05, 0.1) is 0 Å². The van der Waals surface area contributed by atoms with Crippen molar-refractivity contribution < 1.29 is 0 Å². The summed E-state index contributed by atoms with van der Waals surface area (Å²) in [5.74, 6) is 0.557. The van der Waals surface area contributed by atoms with E-state index in [1.54, 1.807) is 0 Å². The fraction of sp³-hybridized carbons (Fsp3) is 0.304. The zero-order chi connectivity index (χ0) is 16.6. The van der Waals surface area contributed by atoms with Gasteiger partial charge in [-0.05, 0) is 44.7 Å². The standard InChI is InChI=1S/C23H26/c1-16(2)17-6-7-18-11-15-22(21(18)14-10-17)19-8-12-20(13-9-19)23(3,4)5/h6-16H,1-5H3. The van der Waals surface area contributed by atoms with Crippen LogP contribution in [0.2, 0.25) is 0 Å². The Bertz CT molecular complexity index is 770. The van der Waals surface area contributed by atoms with Gasteiger partial charge in [-0.1, -0.05) is 95.3 Å². The summed E-state index contributed by atoms with van der Waals surface area (Å²) in [6.07, 6.45) is 0. The Morgan fingerprint density at radius 2 is 1.04 bits per heavy atom. The average Bonchev–Trinajstić information content (AvgIpc) is 2.77. The molecule has 0 saturated carbocycles. The summed E-state index contributed by atoms with van der Waals surface area (Å²) in [7, 11) is 0. The quantitative estimate of drug-likeness (QED) is 0.484. The first-order valence-corrected chi connectivity index (χ1v) is 8.50. The Hall–Kier alpha value is -2.08. The van der Waals surface area contributed by atoms with Crippen LogP contribution in [-0.2, 0) is 5.41 Å². The molecule has 0 atom stereocenters. The molecule has 0 unspecified atom stereocenters. The lowest BCUT2D eigenvalue weighted by atomic mass is 9.86. The van der Waals surface area contributed by atoms with E-state index in [1.807, 2.05) is 0 Å².